The van der Waals surface area contributed by atoms with Gasteiger partial charge in [-0.3, -0.25) is 0 Å². The molecule has 1 N–H and O–H groups in total. The van der Waals surface area contributed by atoms with Crippen molar-refractivity contribution in [1.82, 2.24) is 14.8 Å². The predicted molar refractivity (Wildman–Crippen MR) is 62.8 cm³/mol. The summed E-state index contributed by atoms with van der Waals surface area (Å²) in [6.45, 7) is 6.38. The number of carbonyl (C=O) groups is 1. The third-order valence-electron chi connectivity index (χ3n) is 2.89. The fourth-order valence-corrected chi connectivity index (χ4v) is 2.18. The van der Waals surface area contributed by atoms with Crippen molar-refractivity contribution >= 4 is 5.97 Å². The molecule has 0 radical (unpaired) electrons. The summed E-state index contributed by atoms with van der Waals surface area (Å²) in [5.74, 6) is 0.779. The normalized spacial score (nSPS) is 20.1. The fraction of sp³-hybridized carbons (Fsp3) is 0.750. The second-order valence-corrected chi connectivity index (χ2v) is 5.87. The van der Waals surface area contributed by atoms with E-state index in [0.717, 1.165) is 30.9 Å². The molecule has 94 valence electrons. The first-order valence-electron chi connectivity index (χ1n) is 6.04. The molecular weight excluding hydrogens is 218 g/mol. The molecule has 0 amide bonds. The summed E-state index contributed by atoms with van der Waals surface area (Å²) in [5.41, 5.74) is 0.121. The van der Waals surface area contributed by atoms with E-state index in [2.05, 4.69) is 30.9 Å². The quantitative estimate of drug-likeness (QED) is 0.852. The molecule has 1 unspecified atom stereocenters. The van der Waals surface area contributed by atoms with E-state index in [1.165, 1.54) is 0 Å². The van der Waals surface area contributed by atoms with Gasteiger partial charge in [-0.15, -0.1) is 0 Å². The Hall–Kier alpha value is -1.39. The van der Waals surface area contributed by atoms with E-state index in [1.807, 2.05) is 0 Å². The lowest BCUT2D eigenvalue weighted by Crippen LogP contribution is -2.26. The number of carboxylic acid groups (broad SMARTS) is 1. The van der Waals surface area contributed by atoms with E-state index in [0.29, 0.717) is 6.42 Å². The summed E-state index contributed by atoms with van der Waals surface area (Å²) < 4.78 is 1.60. The lowest BCUT2D eigenvalue weighted by Gasteiger charge is -2.19. The average molecular weight is 237 g/mol. The van der Waals surface area contributed by atoms with Gasteiger partial charge in [-0.2, -0.15) is 5.10 Å². The summed E-state index contributed by atoms with van der Waals surface area (Å²) in [7, 11) is 0. The lowest BCUT2D eigenvalue weighted by atomic mass is 9.92. The first kappa shape index (κ1) is 12.1. The van der Waals surface area contributed by atoms with Crippen LogP contribution >= 0.6 is 0 Å². The van der Waals surface area contributed by atoms with Crippen molar-refractivity contribution in [2.24, 2.45) is 5.41 Å². The highest BCUT2D eigenvalue weighted by Gasteiger charge is 2.29. The van der Waals surface area contributed by atoms with Gasteiger partial charge in [0, 0.05) is 12.8 Å². The van der Waals surface area contributed by atoms with Crippen molar-refractivity contribution in [3.05, 3.63) is 11.6 Å². The zero-order valence-electron chi connectivity index (χ0n) is 10.6. The van der Waals surface area contributed by atoms with Crippen LogP contribution in [-0.2, 0) is 17.6 Å². The van der Waals surface area contributed by atoms with Crippen LogP contribution < -0.4 is 0 Å². The van der Waals surface area contributed by atoms with Crippen LogP contribution in [0.15, 0.2) is 0 Å². The van der Waals surface area contributed by atoms with Crippen molar-refractivity contribution < 1.29 is 9.90 Å². The molecule has 1 aromatic rings. The zero-order valence-corrected chi connectivity index (χ0v) is 10.6. The fourth-order valence-electron chi connectivity index (χ4n) is 2.18. The SMILES string of the molecule is CC(C)(C)Cc1nc2n(n1)C(C(=O)O)CCC2. The van der Waals surface area contributed by atoms with E-state index in [-0.39, 0.29) is 5.41 Å². The molecule has 2 heterocycles. The van der Waals surface area contributed by atoms with Gasteiger partial charge in [0.25, 0.3) is 0 Å². The lowest BCUT2D eigenvalue weighted by molar-refractivity contribution is -0.141. The Morgan fingerprint density at radius 1 is 1.53 bits per heavy atom. The van der Waals surface area contributed by atoms with Crippen molar-refractivity contribution in [3.63, 3.8) is 0 Å². The summed E-state index contributed by atoms with van der Waals surface area (Å²) in [5, 5.41) is 13.5. The molecule has 1 aliphatic rings. The highest BCUT2D eigenvalue weighted by Crippen LogP contribution is 2.25. The van der Waals surface area contributed by atoms with Gasteiger partial charge in [-0.1, -0.05) is 20.8 Å². The van der Waals surface area contributed by atoms with Gasteiger partial charge in [0.05, 0.1) is 0 Å². The van der Waals surface area contributed by atoms with Gasteiger partial charge >= 0.3 is 5.97 Å². The number of aromatic nitrogens is 3. The molecule has 0 spiro atoms. The topological polar surface area (TPSA) is 68.0 Å². The third kappa shape index (κ3) is 2.65. The highest BCUT2D eigenvalue weighted by atomic mass is 16.4. The number of aryl methyl sites for hydroxylation is 1. The minimum absolute atomic E-state index is 0.121. The Balaban J connectivity index is 2.28. The van der Waals surface area contributed by atoms with E-state index in [1.54, 1.807) is 4.68 Å². The number of nitrogens with zero attached hydrogens (tertiary/aromatic N) is 3. The molecule has 0 aromatic carbocycles. The number of rotatable bonds is 2. The number of hydrogen-bond acceptors (Lipinski definition) is 3. The largest absolute Gasteiger partial charge is 0.480 e. The van der Waals surface area contributed by atoms with Crippen molar-refractivity contribution in [1.29, 1.82) is 0 Å². The molecule has 0 fully saturated rings. The predicted octanol–water partition coefficient (Wildman–Crippen LogP) is 1.83. The van der Waals surface area contributed by atoms with Crippen LogP contribution in [0.2, 0.25) is 0 Å². The van der Waals surface area contributed by atoms with Gasteiger partial charge in [0.2, 0.25) is 0 Å². The smallest absolute Gasteiger partial charge is 0.328 e. The summed E-state index contributed by atoms with van der Waals surface area (Å²) in [6.07, 6.45) is 3.14. The van der Waals surface area contributed by atoms with E-state index in [9.17, 15) is 4.79 Å². The Morgan fingerprint density at radius 2 is 2.24 bits per heavy atom. The number of aliphatic carboxylic acids is 1. The summed E-state index contributed by atoms with van der Waals surface area (Å²) in [4.78, 5) is 15.6. The first-order chi connectivity index (χ1) is 7.87. The van der Waals surface area contributed by atoms with E-state index >= 15 is 0 Å². The standard InChI is InChI=1S/C12H19N3O2/c1-12(2,3)7-9-13-10-6-4-5-8(11(16)17)15(10)14-9/h8H,4-7H2,1-3H3,(H,16,17). The van der Waals surface area contributed by atoms with Crippen LogP contribution in [0.25, 0.3) is 0 Å². The molecule has 17 heavy (non-hydrogen) atoms. The molecule has 0 bridgehead atoms. The Bertz CT molecular complexity index is 431. The maximum absolute atomic E-state index is 11.1. The van der Waals surface area contributed by atoms with Gasteiger partial charge < -0.3 is 5.11 Å². The molecule has 1 aliphatic heterocycles. The van der Waals surface area contributed by atoms with Crippen molar-refractivity contribution in [2.45, 2.75) is 52.5 Å². The Kier molecular flexibility index (Phi) is 2.93. The van der Waals surface area contributed by atoms with Crippen LogP contribution in [0.5, 0.6) is 0 Å². The minimum Gasteiger partial charge on any atom is -0.480 e. The first-order valence-corrected chi connectivity index (χ1v) is 6.04. The van der Waals surface area contributed by atoms with Crippen molar-refractivity contribution in [3.8, 4) is 0 Å². The molecule has 5 nitrogen and oxygen atoms in total. The molecule has 1 aromatic heterocycles. The van der Waals surface area contributed by atoms with Gasteiger partial charge in [-0.25, -0.2) is 14.5 Å². The van der Waals surface area contributed by atoms with Crippen LogP contribution in [0.1, 0.15) is 51.3 Å². The monoisotopic (exact) mass is 237 g/mol. The van der Waals surface area contributed by atoms with Gasteiger partial charge in [-0.05, 0) is 18.3 Å². The Labute approximate surface area is 101 Å². The summed E-state index contributed by atoms with van der Waals surface area (Å²) >= 11 is 0. The average Bonchev–Trinajstić information content (AvgIpc) is 2.55. The molecule has 1 atom stereocenters. The van der Waals surface area contributed by atoms with Crippen LogP contribution in [0.4, 0.5) is 0 Å². The van der Waals surface area contributed by atoms with E-state index in [4.69, 9.17) is 5.11 Å². The van der Waals surface area contributed by atoms with Crippen LogP contribution in [0.3, 0.4) is 0 Å². The van der Waals surface area contributed by atoms with Gasteiger partial charge in [0.15, 0.2) is 11.9 Å². The van der Waals surface area contributed by atoms with Gasteiger partial charge in [0.1, 0.15) is 5.82 Å². The third-order valence-corrected chi connectivity index (χ3v) is 2.89. The number of fused-ring (bicyclic) bond motifs is 1. The minimum atomic E-state index is -0.807. The molecule has 0 saturated heterocycles. The second kappa shape index (κ2) is 4.13. The zero-order chi connectivity index (χ0) is 12.6. The molecule has 0 saturated carbocycles. The summed E-state index contributed by atoms with van der Waals surface area (Å²) in [6, 6.07) is -0.528. The van der Waals surface area contributed by atoms with Crippen LogP contribution in [0, 0.1) is 5.41 Å². The Morgan fingerprint density at radius 3 is 2.82 bits per heavy atom. The number of carboxylic acids is 1. The highest BCUT2D eigenvalue weighted by molar-refractivity contribution is 5.71. The van der Waals surface area contributed by atoms with Crippen molar-refractivity contribution in [2.75, 3.05) is 0 Å². The molecule has 2 rings (SSSR count). The maximum atomic E-state index is 11.1. The molecule has 5 heteroatoms. The van der Waals surface area contributed by atoms with E-state index < -0.39 is 12.0 Å². The van der Waals surface area contributed by atoms with Crippen LogP contribution in [-0.4, -0.2) is 25.8 Å². The molecule has 0 aliphatic carbocycles. The number of hydrogen-bond donors (Lipinski definition) is 1. The maximum Gasteiger partial charge on any atom is 0.328 e. The second-order valence-electron chi connectivity index (χ2n) is 5.87. The molecular formula is C12H19N3O2.